The second-order valence-electron chi connectivity index (χ2n) is 4.03. The fraction of sp³-hybridized carbons (Fsp3) is 0.364. The Morgan fingerprint density at radius 2 is 1.95 bits per heavy atom. The molecular weight excluding hydrogens is 284 g/mol. The smallest absolute Gasteiger partial charge is 0.230 e. The summed E-state index contributed by atoms with van der Waals surface area (Å²) in [5.74, 6) is 0.642. The molecule has 0 amide bonds. The number of hydrogen-bond donors (Lipinski definition) is 0. The van der Waals surface area contributed by atoms with Crippen LogP contribution in [0.15, 0.2) is 28.8 Å². The van der Waals surface area contributed by atoms with Gasteiger partial charge in [-0.3, -0.25) is 4.98 Å². The summed E-state index contributed by atoms with van der Waals surface area (Å²) in [4.78, 5) is 23.0. The van der Waals surface area contributed by atoms with Crippen LogP contribution in [0.4, 0.5) is 5.95 Å². The van der Waals surface area contributed by atoms with Gasteiger partial charge in [-0.1, -0.05) is 0 Å². The van der Waals surface area contributed by atoms with Gasteiger partial charge in [0.15, 0.2) is 5.16 Å². The van der Waals surface area contributed by atoms with Gasteiger partial charge >= 0.3 is 0 Å². The molecule has 6 nitrogen and oxygen atoms in total. The Hall–Kier alpha value is -1.47. The van der Waals surface area contributed by atoms with Crippen LogP contribution in [0.1, 0.15) is 12.8 Å². The van der Waals surface area contributed by atoms with Crippen LogP contribution in [0, 0.1) is 0 Å². The van der Waals surface area contributed by atoms with E-state index < -0.39 is 0 Å². The third kappa shape index (κ3) is 3.10. The Morgan fingerprint density at radius 3 is 2.68 bits per heavy atom. The highest BCUT2D eigenvalue weighted by molar-refractivity contribution is 7.99. The highest BCUT2D eigenvalue weighted by Crippen LogP contribution is 2.25. The molecule has 2 aromatic rings. The zero-order valence-electron chi connectivity index (χ0n) is 10.0. The molecule has 3 heterocycles. The Kier molecular flexibility index (Phi) is 3.74. The minimum atomic E-state index is 0.211. The predicted molar refractivity (Wildman–Crippen MR) is 72.4 cm³/mol. The van der Waals surface area contributed by atoms with Gasteiger partial charge in [0.25, 0.3) is 0 Å². The monoisotopic (exact) mass is 294 g/mol. The molecule has 98 valence electrons. The number of nitrogens with zero attached hydrogens (tertiary/aromatic N) is 6. The Balaban J connectivity index is 1.85. The van der Waals surface area contributed by atoms with Gasteiger partial charge in [-0.2, -0.15) is 15.0 Å². The molecule has 8 heteroatoms. The van der Waals surface area contributed by atoms with Crippen molar-refractivity contribution >= 4 is 29.3 Å². The molecule has 3 rings (SSSR count). The van der Waals surface area contributed by atoms with Gasteiger partial charge in [-0.25, -0.2) is 4.98 Å². The molecule has 0 bridgehead atoms. The minimum Gasteiger partial charge on any atom is -0.341 e. The summed E-state index contributed by atoms with van der Waals surface area (Å²) in [6.45, 7) is 1.94. The lowest BCUT2D eigenvalue weighted by Crippen LogP contribution is -2.21. The Morgan fingerprint density at radius 1 is 1.11 bits per heavy atom. The van der Waals surface area contributed by atoms with Crippen LogP contribution in [-0.2, 0) is 0 Å². The van der Waals surface area contributed by atoms with E-state index in [4.69, 9.17) is 11.6 Å². The molecule has 0 N–H and O–H groups in total. The zero-order valence-corrected chi connectivity index (χ0v) is 11.6. The Labute approximate surface area is 119 Å². The van der Waals surface area contributed by atoms with E-state index in [1.54, 1.807) is 18.6 Å². The summed E-state index contributed by atoms with van der Waals surface area (Å²) < 4.78 is 0. The summed E-state index contributed by atoms with van der Waals surface area (Å²) in [7, 11) is 0. The van der Waals surface area contributed by atoms with Gasteiger partial charge in [-0.15, -0.1) is 0 Å². The SMILES string of the molecule is Clc1nc(Sc2cnccn2)nc(N2CCCC2)n1. The van der Waals surface area contributed by atoms with Crippen molar-refractivity contribution in [3.8, 4) is 0 Å². The number of aromatic nitrogens is 5. The highest BCUT2D eigenvalue weighted by atomic mass is 35.5. The molecule has 2 aromatic heterocycles. The molecule has 19 heavy (non-hydrogen) atoms. The first-order valence-electron chi connectivity index (χ1n) is 5.92. The first kappa shape index (κ1) is 12.6. The topological polar surface area (TPSA) is 67.7 Å². The van der Waals surface area contributed by atoms with Crippen molar-refractivity contribution in [2.75, 3.05) is 18.0 Å². The van der Waals surface area contributed by atoms with Crippen LogP contribution in [0.25, 0.3) is 0 Å². The van der Waals surface area contributed by atoms with E-state index in [2.05, 4.69) is 29.8 Å². The van der Waals surface area contributed by atoms with Crippen molar-refractivity contribution in [1.82, 2.24) is 24.9 Å². The van der Waals surface area contributed by atoms with Crippen molar-refractivity contribution in [1.29, 1.82) is 0 Å². The van der Waals surface area contributed by atoms with Crippen molar-refractivity contribution in [3.63, 3.8) is 0 Å². The quantitative estimate of drug-likeness (QED) is 0.858. The maximum atomic E-state index is 5.96. The third-order valence-corrected chi connectivity index (χ3v) is 3.65. The molecule has 1 aliphatic rings. The third-order valence-electron chi connectivity index (χ3n) is 2.70. The second kappa shape index (κ2) is 5.66. The first-order valence-corrected chi connectivity index (χ1v) is 7.11. The molecule has 0 aromatic carbocycles. The van der Waals surface area contributed by atoms with E-state index >= 15 is 0 Å². The maximum absolute atomic E-state index is 5.96. The van der Waals surface area contributed by atoms with E-state index in [9.17, 15) is 0 Å². The van der Waals surface area contributed by atoms with Crippen LogP contribution < -0.4 is 4.90 Å². The molecule has 0 atom stereocenters. The normalized spacial score (nSPS) is 14.9. The summed E-state index contributed by atoms with van der Waals surface area (Å²) in [6, 6.07) is 0. The minimum absolute atomic E-state index is 0.211. The number of anilines is 1. The molecule has 0 spiro atoms. The zero-order chi connectivity index (χ0) is 13.1. The van der Waals surface area contributed by atoms with E-state index in [-0.39, 0.29) is 5.28 Å². The van der Waals surface area contributed by atoms with E-state index in [1.165, 1.54) is 11.8 Å². The lowest BCUT2D eigenvalue weighted by molar-refractivity contribution is 0.825. The predicted octanol–water partition coefficient (Wildman–Crippen LogP) is 2.07. The van der Waals surface area contributed by atoms with Crippen LogP contribution in [-0.4, -0.2) is 38.0 Å². The van der Waals surface area contributed by atoms with Crippen molar-refractivity contribution in [2.45, 2.75) is 23.0 Å². The number of rotatable bonds is 3. The summed E-state index contributed by atoms with van der Waals surface area (Å²) in [6.07, 6.45) is 7.25. The fourth-order valence-electron chi connectivity index (χ4n) is 1.86. The van der Waals surface area contributed by atoms with Gasteiger partial charge in [0.1, 0.15) is 5.03 Å². The van der Waals surface area contributed by atoms with E-state index in [1.807, 2.05) is 0 Å². The van der Waals surface area contributed by atoms with Crippen LogP contribution >= 0.6 is 23.4 Å². The molecule has 1 fully saturated rings. The molecule has 0 unspecified atom stereocenters. The second-order valence-corrected chi connectivity index (χ2v) is 5.35. The summed E-state index contributed by atoms with van der Waals surface area (Å²) in [5, 5.41) is 1.49. The number of halogens is 1. The first-order chi connectivity index (χ1) is 9.31. The summed E-state index contributed by atoms with van der Waals surface area (Å²) in [5.41, 5.74) is 0. The molecule has 0 radical (unpaired) electrons. The summed E-state index contributed by atoms with van der Waals surface area (Å²) >= 11 is 7.28. The molecule has 0 aliphatic carbocycles. The number of hydrogen-bond acceptors (Lipinski definition) is 7. The Bertz CT molecular complexity index is 560. The lowest BCUT2D eigenvalue weighted by Gasteiger charge is -2.15. The van der Waals surface area contributed by atoms with Crippen LogP contribution in [0.2, 0.25) is 5.28 Å². The highest BCUT2D eigenvalue weighted by Gasteiger charge is 2.17. The van der Waals surface area contributed by atoms with Crippen molar-refractivity contribution in [3.05, 3.63) is 23.9 Å². The average Bonchev–Trinajstić information content (AvgIpc) is 2.93. The van der Waals surface area contributed by atoms with Gasteiger partial charge in [0.05, 0.1) is 6.20 Å². The van der Waals surface area contributed by atoms with Crippen molar-refractivity contribution < 1.29 is 0 Å². The van der Waals surface area contributed by atoms with Crippen molar-refractivity contribution in [2.24, 2.45) is 0 Å². The molecular formula is C11H11ClN6S. The van der Waals surface area contributed by atoms with Crippen LogP contribution in [0.5, 0.6) is 0 Å². The largest absolute Gasteiger partial charge is 0.341 e. The molecule has 1 saturated heterocycles. The van der Waals surface area contributed by atoms with Gasteiger partial charge in [0.2, 0.25) is 11.2 Å². The van der Waals surface area contributed by atoms with Gasteiger partial charge in [-0.05, 0) is 36.2 Å². The molecule has 1 aliphatic heterocycles. The van der Waals surface area contributed by atoms with Gasteiger partial charge < -0.3 is 4.90 Å². The molecule has 0 saturated carbocycles. The van der Waals surface area contributed by atoms with Gasteiger partial charge in [0, 0.05) is 25.5 Å². The average molecular weight is 295 g/mol. The standard InChI is InChI=1S/C11H11ClN6S/c12-9-15-10(18-5-1-2-6-18)17-11(16-9)19-8-7-13-3-4-14-8/h3-4,7H,1-2,5-6H2. The van der Waals surface area contributed by atoms with E-state index in [0.29, 0.717) is 11.1 Å². The maximum Gasteiger partial charge on any atom is 0.230 e. The van der Waals surface area contributed by atoms with E-state index in [0.717, 1.165) is 31.0 Å². The lowest BCUT2D eigenvalue weighted by atomic mass is 10.4. The van der Waals surface area contributed by atoms with Crippen LogP contribution in [0.3, 0.4) is 0 Å². The fourth-order valence-corrected chi connectivity index (χ4v) is 2.74.